The average Bonchev–Trinajstić information content (AvgIpc) is 2.50. The third-order valence-electron chi connectivity index (χ3n) is 2.94. The van der Waals surface area contributed by atoms with Crippen LogP contribution in [0.25, 0.3) is 0 Å². The summed E-state index contributed by atoms with van der Waals surface area (Å²) in [5.74, 6) is -0.877. The number of ether oxygens (including phenoxy) is 1. The fourth-order valence-electron chi connectivity index (χ4n) is 1.72. The molecule has 0 aliphatic rings. The van der Waals surface area contributed by atoms with E-state index in [0.29, 0.717) is 6.54 Å². The second kappa shape index (κ2) is 11.8. The smallest absolute Gasteiger partial charge is 0.387 e. The average molecular weight is 474 g/mol. The zero-order valence-corrected chi connectivity index (χ0v) is 16.5. The van der Waals surface area contributed by atoms with Crippen molar-refractivity contribution in [2.45, 2.75) is 20.1 Å². The number of rotatable bonds is 7. The van der Waals surface area contributed by atoms with Crippen LogP contribution in [0.15, 0.2) is 23.2 Å². The number of amides is 1. The highest BCUT2D eigenvalue weighted by molar-refractivity contribution is 14.0. The summed E-state index contributed by atoms with van der Waals surface area (Å²) in [6, 6.07) is 3.66. The predicted molar refractivity (Wildman–Crippen MR) is 100.0 cm³/mol. The van der Waals surface area contributed by atoms with E-state index >= 15 is 0 Å². The normalized spacial score (nSPS) is 10.9. The Hall–Kier alpha value is -1.72. The first-order valence-corrected chi connectivity index (χ1v) is 7.29. The quantitative estimate of drug-likeness (QED) is 0.362. The van der Waals surface area contributed by atoms with Crippen LogP contribution >= 0.6 is 24.0 Å². The van der Waals surface area contributed by atoms with E-state index in [9.17, 15) is 18.0 Å². The van der Waals surface area contributed by atoms with Gasteiger partial charge in [-0.3, -0.25) is 4.79 Å². The molecule has 1 rings (SSSR count). The van der Waals surface area contributed by atoms with Gasteiger partial charge >= 0.3 is 6.61 Å². The van der Waals surface area contributed by atoms with E-state index in [4.69, 9.17) is 0 Å². The van der Waals surface area contributed by atoms with E-state index in [-0.39, 0.29) is 60.2 Å². The van der Waals surface area contributed by atoms with Crippen LogP contribution in [0.4, 0.5) is 13.2 Å². The first-order valence-electron chi connectivity index (χ1n) is 7.29. The molecule has 0 spiro atoms. The highest BCUT2D eigenvalue weighted by Crippen LogP contribution is 2.24. The molecule has 1 aromatic rings. The van der Waals surface area contributed by atoms with E-state index in [1.54, 1.807) is 14.1 Å². The molecule has 0 heterocycles. The van der Waals surface area contributed by atoms with Crippen LogP contribution < -0.4 is 15.4 Å². The van der Waals surface area contributed by atoms with E-state index in [2.05, 4.69) is 20.4 Å². The highest BCUT2D eigenvalue weighted by atomic mass is 127. The molecular formula is C15H22F3IN4O2. The number of benzene rings is 1. The van der Waals surface area contributed by atoms with E-state index in [1.165, 1.54) is 17.0 Å². The maximum absolute atomic E-state index is 13.9. The predicted octanol–water partition coefficient (Wildman–Crippen LogP) is 2.19. The Morgan fingerprint density at radius 3 is 2.56 bits per heavy atom. The number of carbonyl (C=O) groups excluding carboxylic acids is 1. The number of alkyl halides is 2. The summed E-state index contributed by atoms with van der Waals surface area (Å²) in [5, 5.41) is 5.67. The number of guanidine groups is 1. The number of carbonyl (C=O) groups is 1. The van der Waals surface area contributed by atoms with Crippen LogP contribution in [0.5, 0.6) is 5.75 Å². The summed E-state index contributed by atoms with van der Waals surface area (Å²) < 4.78 is 42.9. The van der Waals surface area contributed by atoms with Crippen molar-refractivity contribution in [3.63, 3.8) is 0 Å². The molecule has 10 heteroatoms. The molecule has 0 aliphatic carbocycles. The van der Waals surface area contributed by atoms with Crippen LogP contribution in [-0.4, -0.2) is 50.6 Å². The molecule has 25 heavy (non-hydrogen) atoms. The molecule has 0 atom stereocenters. The number of hydrogen-bond donors (Lipinski definition) is 2. The third kappa shape index (κ3) is 8.27. The third-order valence-corrected chi connectivity index (χ3v) is 2.94. The van der Waals surface area contributed by atoms with Gasteiger partial charge in [0.15, 0.2) is 5.96 Å². The molecule has 0 bridgehead atoms. The minimum absolute atomic E-state index is 0. The minimum atomic E-state index is -3.06. The van der Waals surface area contributed by atoms with Crippen molar-refractivity contribution in [3.05, 3.63) is 29.6 Å². The van der Waals surface area contributed by atoms with E-state index < -0.39 is 12.4 Å². The SMILES string of the molecule is CCNC(=NCc1c(F)cccc1OC(F)F)NCC(=O)N(C)C.I. The Bertz CT molecular complexity index is 586. The van der Waals surface area contributed by atoms with Crippen LogP contribution in [0, 0.1) is 5.82 Å². The van der Waals surface area contributed by atoms with Crippen LogP contribution in [0.1, 0.15) is 12.5 Å². The first kappa shape index (κ1) is 23.3. The van der Waals surface area contributed by atoms with Gasteiger partial charge in [0, 0.05) is 20.6 Å². The highest BCUT2D eigenvalue weighted by Gasteiger charge is 2.14. The number of halogens is 4. The molecule has 0 saturated carbocycles. The number of nitrogens with one attached hydrogen (secondary N) is 2. The molecule has 0 aromatic heterocycles. The standard InChI is InChI=1S/C15H21F3N4O2.HI/c1-4-19-15(21-9-13(23)22(2)3)20-8-10-11(16)6-5-7-12(10)24-14(17)18;/h5-7,14H,4,8-9H2,1-3H3,(H2,19,20,21);1H. The van der Waals surface area contributed by atoms with Gasteiger partial charge in [0.25, 0.3) is 0 Å². The van der Waals surface area contributed by atoms with Gasteiger partial charge in [-0.1, -0.05) is 6.07 Å². The molecule has 0 radical (unpaired) electrons. The summed E-state index contributed by atoms with van der Waals surface area (Å²) >= 11 is 0. The Balaban J connectivity index is 0.00000576. The number of likely N-dealkylation sites (N-methyl/N-ethyl adjacent to an activating group) is 1. The minimum Gasteiger partial charge on any atom is -0.434 e. The van der Waals surface area contributed by atoms with Gasteiger partial charge in [0.1, 0.15) is 11.6 Å². The van der Waals surface area contributed by atoms with Gasteiger partial charge in [-0.25, -0.2) is 9.38 Å². The fourth-order valence-corrected chi connectivity index (χ4v) is 1.72. The second-order valence-electron chi connectivity index (χ2n) is 4.93. The molecule has 6 nitrogen and oxygen atoms in total. The van der Waals surface area contributed by atoms with Gasteiger partial charge in [-0.2, -0.15) is 8.78 Å². The lowest BCUT2D eigenvalue weighted by molar-refractivity contribution is -0.127. The lowest BCUT2D eigenvalue weighted by atomic mass is 10.2. The molecule has 1 amide bonds. The van der Waals surface area contributed by atoms with Crippen molar-refractivity contribution < 1.29 is 22.7 Å². The largest absolute Gasteiger partial charge is 0.434 e. The van der Waals surface area contributed by atoms with Crippen molar-refractivity contribution in [1.82, 2.24) is 15.5 Å². The van der Waals surface area contributed by atoms with E-state index in [0.717, 1.165) is 6.07 Å². The number of aliphatic imine (C=N–C) groups is 1. The van der Waals surface area contributed by atoms with Gasteiger partial charge in [-0.05, 0) is 19.1 Å². The maximum atomic E-state index is 13.9. The van der Waals surface area contributed by atoms with Crippen molar-refractivity contribution in [2.75, 3.05) is 27.2 Å². The molecule has 0 aliphatic heterocycles. The topological polar surface area (TPSA) is 66.0 Å². The maximum Gasteiger partial charge on any atom is 0.387 e. The second-order valence-corrected chi connectivity index (χ2v) is 4.93. The molecule has 0 fully saturated rings. The Kier molecular flexibility index (Phi) is 11.0. The molecule has 0 saturated heterocycles. The zero-order valence-electron chi connectivity index (χ0n) is 14.2. The van der Waals surface area contributed by atoms with Crippen LogP contribution in [0.3, 0.4) is 0 Å². The first-order chi connectivity index (χ1) is 11.3. The number of hydrogen-bond acceptors (Lipinski definition) is 3. The van der Waals surface area contributed by atoms with Crippen molar-refractivity contribution in [3.8, 4) is 5.75 Å². The lowest BCUT2D eigenvalue weighted by Gasteiger charge is -2.15. The fraction of sp³-hybridized carbons (Fsp3) is 0.467. The molecule has 0 unspecified atom stereocenters. The van der Waals surface area contributed by atoms with Crippen molar-refractivity contribution in [2.24, 2.45) is 4.99 Å². The molecular weight excluding hydrogens is 452 g/mol. The molecule has 2 N–H and O–H groups in total. The van der Waals surface area contributed by atoms with Crippen LogP contribution in [-0.2, 0) is 11.3 Å². The molecule has 1 aromatic carbocycles. The van der Waals surface area contributed by atoms with E-state index in [1.807, 2.05) is 6.92 Å². The van der Waals surface area contributed by atoms with Crippen LogP contribution in [0.2, 0.25) is 0 Å². The molecule has 142 valence electrons. The Morgan fingerprint density at radius 1 is 1.32 bits per heavy atom. The van der Waals surface area contributed by atoms with Gasteiger partial charge in [0.2, 0.25) is 5.91 Å². The Labute approximate surface area is 161 Å². The van der Waals surface area contributed by atoms with Gasteiger partial charge < -0.3 is 20.3 Å². The summed E-state index contributed by atoms with van der Waals surface area (Å²) in [6.45, 7) is -0.950. The van der Waals surface area contributed by atoms with Crippen molar-refractivity contribution in [1.29, 1.82) is 0 Å². The lowest BCUT2D eigenvalue weighted by Crippen LogP contribution is -2.42. The number of nitrogens with zero attached hydrogens (tertiary/aromatic N) is 2. The summed E-state index contributed by atoms with van der Waals surface area (Å²) in [7, 11) is 3.22. The van der Waals surface area contributed by atoms with Gasteiger partial charge in [0.05, 0.1) is 18.7 Å². The van der Waals surface area contributed by atoms with Gasteiger partial charge in [-0.15, -0.1) is 24.0 Å². The zero-order chi connectivity index (χ0) is 18.1. The van der Waals surface area contributed by atoms with Crippen molar-refractivity contribution >= 4 is 35.8 Å². The summed E-state index contributed by atoms with van der Waals surface area (Å²) in [5.41, 5.74) is -0.0889. The monoisotopic (exact) mass is 474 g/mol. The summed E-state index contributed by atoms with van der Waals surface area (Å²) in [4.78, 5) is 17.1. The summed E-state index contributed by atoms with van der Waals surface area (Å²) in [6.07, 6.45) is 0. The Morgan fingerprint density at radius 2 is 2.00 bits per heavy atom.